The summed E-state index contributed by atoms with van der Waals surface area (Å²) in [5, 5.41) is 4.16. The number of hydrogen-bond donors (Lipinski definition) is 3. The average Bonchev–Trinajstić information content (AvgIpc) is 3.56. The first kappa shape index (κ1) is 28.9. The first-order valence-corrected chi connectivity index (χ1v) is 14.4. The number of thiophene rings is 1. The quantitative estimate of drug-likeness (QED) is 0.230. The lowest BCUT2D eigenvalue weighted by molar-refractivity contribution is -0.137. The highest BCUT2D eigenvalue weighted by Crippen LogP contribution is 2.35. The van der Waals surface area contributed by atoms with Crippen LogP contribution in [0.3, 0.4) is 0 Å². The lowest BCUT2D eigenvalue weighted by Gasteiger charge is -2.07. The van der Waals surface area contributed by atoms with Crippen LogP contribution >= 0.6 is 45.9 Å². The molecule has 0 unspecified atom stereocenters. The van der Waals surface area contributed by atoms with Crippen LogP contribution in [0, 0.1) is 0 Å². The number of nitrogens with zero attached hydrogens (tertiary/aromatic N) is 2. The van der Waals surface area contributed by atoms with Crippen LogP contribution < -0.4 is 15.6 Å². The molecule has 3 aromatic heterocycles. The van der Waals surface area contributed by atoms with Crippen LogP contribution in [0.1, 0.15) is 31.3 Å². The SMILES string of the molecule is O=C(NCc1ccc(S(=O)(=O)NNC(=O)c2csc(-c3ncc(C(F)(F)F)cc3Cl)n2)s1)c1ccc(Cl)cc1. The Bertz CT molecular complexity index is 1640. The van der Waals surface area contributed by atoms with Crippen molar-refractivity contribution < 1.29 is 31.2 Å². The van der Waals surface area contributed by atoms with Gasteiger partial charge in [0.2, 0.25) is 0 Å². The molecule has 0 bridgehead atoms. The van der Waals surface area contributed by atoms with Gasteiger partial charge in [-0.2, -0.15) is 13.2 Å². The summed E-state index contributed by atoms with van der Waals surface area (Å²) in [4.78, 5) is 34.8. The van der Waals surface area contributed by atoms with Gasteiger partial charge in [-0.1, -0.05) is 23.2 Å². The highest BCUT2D eigenvalue weighted by molar-refractivity contribution is 7.91. The first-order valence-electron chi connectivity index (χ1n) is 10.5. The molecule has 0 saturated carbocycles. The monoisotopic (exact) mass is 635 g/mol. The zero-order valence-electron chi connectivity index (χ0n) is 19.0. The molecule has 2 amide bonds. The minimum Gasteiger partial charge on any atom is -0.347 e. The molecule has 17 heteroatoms. The zero-order valence-corrected chi connectivity index (χ0v) is 23.0. The van der Waals surface area contributed by atoms with Crippen LogP contribution in [0.2, 0.25) is 10.0 Å². The molecule has 3 N–H and O–H groups in total. The molecule has 4 aromatic rings. The molecule has 9 nitrogen and oxygen atoms in total. The summed E-state index contributed by atoms with van der Waals surface area (Å²) in [5.41, 5.74) is 1.08. The number of amides is 2. The van der Waals surface area contributed by atoms with Gasteiger partial charge in [-0.05, 0) is 42.5 Å². The molecule has 0 radical (unpaired) electrons. The summed E-state index contributed by atoms with van der Waals surface area (Å²) in [6.07, 6.45) is -4.04. The molecule has 39 heavy (non-hydrogen) atoms. The molecular weight excluding hydrogens is 622 g/mol. The van der Waals surface area contributed by atoms with Crippen molar-refractivity contribution in [1.29, 1.82) is 0 Å². The maximum absolute atomic E-state index is 12.8. The number of thiazole rings is 1. The van der Waals surface area contributed by atoms with E-state index in [2.05, 4.69) is 15.3 Å². The van der Waals surface area contributed by atoms with Gasteiger partial charge in [-0.3, -0.25) is 20.0 Å². The number of alkyl halides is 3. The summed E-state index contributed by atoms with van der Waals surface area (Å²) in [7, 11) is -4.16. The van der Waals surface area contributed by atoms with Crippen molar-refractivity contribution in [2.75, 3.05) is 0 Å². The predicted molar refractivity (Wildman–Crippen MR) is 140 cm³/mol. The summed E-state index contributed by atoms with van der Waals surface area (Å²) >= 11 is 13.5. The van der Waals surface area contributed by atoms with E-state index >= 15 is 0 Å². The Labute approximate surface area is 237 Å². The van der Waals surface area contributed by atoms with Gasteiger partial charge in [0, 0.05) is 27.0 Å². The van der Waals surface area contributed by atoms with E-state index in [9.17, 15) is 31.2 Å². The van der Waals surface area contributed by atoms with E-state index in [1.54, 1.807) is 24.3 Å². The van der Waals surface area contributed by atoms with Crippen molar-refractivity contribution in [3.8, 4) is 10.7 Å². The molecule has 0 atom stereocenters. The molecule has 0 spiro atoms. The molecule has 0 aliphatic rings. The van der Waals surface area contributed by atoms with Gasteiger partial charge < -0.3 is 5.32 Å². The summed E-state index contributed by atoms with van der Waals surface area (Å²) in [6, 6.07) is 9.75. The molecule has 0 saturated heterocycles. The number of hydrogen-bond acceptors (Lipinski definition) is 8. The normalized spacial score (nSPS) is 11.8. The molecule has 1 aromatic carbocycles. The van der Waals surface area contributed by atoms with Crippen LogP contribution in [-0.4, -0.2) is 30.2 Å². The van der Waals surface area contributed by atoms with Crippen LogP contribution in [0.25, 0.3) is 10.7 Å². The van der Waals surface area contributed by atoms with E-state index < -0.39 is 27.7 Å². The summed E-state index contributed by atoms with van der Waals surface area (Å²) in [5.74, 6) is -1.29. The second-order valence-electron chi connectivity index (χ2n) is 7.56. The maximum Gasteiger partial charge on any atom is 0.417 e. The second-order valence-corrected chi connectivity index (χ2v) is 12.3. The number of aromatic nitrogens is 2. The lowest BCUT2D eigenvalue weighted by atomic mass is 10.2. The third-order valence-corrected chi connectivity index (χ3v) is 9.05. The smallest absolute Gasteiger partial charge is 0.347 e. The van der Waals surface area contributed by atoms with Gasteiger partial charge in [-0.25, -0.2) is 13.4 Å². The predicted octanol–water partition coefficient (Wildman–Crippen LogP) is 5.15. The Morgan fingerprint density at radius 2 is 1.74 bits per heavy atom. The minimum absolute atomic E-state index is 0.0604. The van der Waals surface area contributed by atoms with Crippen LogP contribution in [0.4, 0.5) is 13.2 Å². The Kier molecular flexibility index (Phi) is 8.58. The third kappa shape index (κ3) is 7.12. The topological polar surface area (TPSA) is 130 Å². The second kappa shape index (κ2) is 11.6. The Balaban J connectivity index is 1.35. The van der Waals surface area contributed by atoms with Gasteiger partial charge >= 0.3 is 6.18 Å². The van der Waals surface area contributed by atoms with Crippen molar-refractivity contribution in [2.45, 2.75) is 16.9 Å². The fraction of sp³-hybridized carbons (Fsp3) is 0.0909. The van der Waals surface area contributed by atoms with E-state index in [1.165, 1.54) is 17.5 Å². The van der Waals surface area contributed by atoms with Crippen molar-refractivity contribution in [1.82, 2.24) is 25.5 Å². The highest BCUT2D eigenvalue weighted by atomic mass is 35.5. The van der Waals surface area contributed by atoms with Crippen molar-refractivity contribution in [3.63, 3.8) is 0 Å². The van der Waals surface area contributed by atoms with E-state index in [1.807, 2.05) is 10.3 Å². The number of pyridine rings is 1. The fourth-order valence-electron chi connectivity index (χ4n) is 2.93. The van der Waals surface area contributed by atoms with Crippen molar-refractivity contribution in [2.24, 2.45) is 0 Å². The number of hydrazine groups is 1. The van der Waals surface area contributed by atoms with Gasteiger partial charge in [-0.15, -0.1) is 27.5 Å². The van der Waals surface area contributed by atoms with Crippen molar-refractivity contribution >= 4 is 67.7 Å². The number of nitrogens with one attached hydrogen (secondary N) is 3. The Morgan fingerprint density at radius 1 is 1.03 bits per heavy atom. The Morgan fingerprint density at radius 3 is 2.41 bits per heavy atom. The van der Waals surface area contributed by atoms with E-state index in [0.717, 1.165) is 22.7 Å². The van der Waals surface area contributed by atoms with Gasteiger partial charge in [0.15, 0.2) is 0 Å². The largest absolute Gasteiger partial charge is 0.417 e. The molecule has 0 fully saturated rings. The summed E-state index contributed by atoms with van der Waals surface area (Å²) in [6.45, 7) is 0.0656. The van der Waals surface area contributed by atoms with Crippen LogP contribution in [0.5, 0.6) is 0 Å². The standard InChI is InChI=1S/C22H14Cl2F3N5O4S3/c23-13-3-1-11(2-4-13)19(33)29-9-14-5-6-17(38-14)39(35,36)32-31-20(34)16-10-37-21(30-16)18-15(24)7-12(8-28-18)22(25,26)27/h1-8,10,32H,9H2,(H,29,33)(H,31,34). The summed E-state index contributed by atoms with van der Waals surface area (Å²) < 4.78 is 63.6. The third-order valence-electron chi connectivity index (χ3n) is 4.84. The maximum atomic E-state index is 12.8. The number of benzene rings is 1. The number of carbonyl (C=O) groups is 2. The van der Waals surface area contributed by atoms with E-state index in [-0.39, 0.29) is 38.1 Å². The molecule has 4 rings (SSSR count). The molecular formula is C22H14Cl2F3N5O4S3. The number of carbonyl (C=O) groups excluding carboxylic acids is 2. The van der Waals surface area contributed by atoms with Gasteiger partial charge in [0.05, 0.1) is 17.1 Å². The fourth-order valence-corrected chi connectivity index (χ4v) is 6.31. The van der Waals surface area contributed by atoms with Gasteiger partial charge in [0.25, 0.3) is 21.8 Å². The molecule has 204 valence electrons. The number of halogens is 5. The lowest BCUT2D eigenvalue weighted by Crippen LogP contribution is -2.41. The highest BCUT2D eigenvalue weighted by Gasteiger charge is 2.32. The first-order chi connectivity index (χ1) is 18.3. The minimum atomic E-state index is -4.63. The van der Waals surface area contributed by atoms with Crippen LogP contribution in [-0.2, 0) is 22.7 Å². The molecule has 0 aliphatic carbocycles. The van der Waals surface area contributed by atoms with Crippen molar-refractivity contribution in [3.05, 3.63) is 85.8 Å². The number of rotatable bonds is 8. The van der Waals surface area contributed by atoms with Crippen LogP contribution in [0.15, 0.2) is 58.3 Å². The zero-order chi connectivity index (χ0) is 28.4. The molecule has 3 heterocycles. The van der Waals surface area contributed by atoms with E-state index in [4.69, 9.17) is 23.2 Å². The number of sulfonamides is 1. The molecule has 0 aliphatic heterocycles. The van der Waals surface area contributed by atoms with E-state index in [0.29, 0.717) is 27.7 Å². The average molecular weight is 636 g/mol. The Hall–Kier alpha value is -3.08. The van der Waals surface area contributed by atoms with Gasteiger partial charge in [0.1, 0.15) is 20.6 Å².